The molecule has 0 saturated heterocycles. The molecular weight excluding hydrogens is 344 g/mol. The topological polar surface area (TPSA) is 88.8 Å². The van der Waals surface area contributed by atoms with Crippen molar-refractivity contribution in [2.45, 2.75) is 6.61 Å². The summed E-state index contributed by atoms with van der Waals surface area (Å²) in [5, 5.41) is 12.2. The molecule has 7 nitrogen and oxygen atoms in total. The van der Waals surface area contributed by atoms with Crippen molar-refractivity contribution in [1.29, 1.82) is 0 Å². The van der Waals surface area contributed by atoms with Gasteiger partial charge in [0.15, 0.2) is 11.6 Å². The molecule has 3 heterocycles. The number of carbonyl (C=O) groups excluding carboxylic acids is 1. The molecule has 0 aliphatic heterocycles. The van der Waals surface area contributed by atoms with Crippen molar-refractivity contribution in [3.05, 3.63) is 84.4 Å². The van der Waals surface area contributed by atoms with Gasteiger partial charge >= 0.3 is 0 Å². The first kappa shape index (κ1) is 16.6. The molecule has 0 bridgehead atoms. The number of aromatic nitrogens is 3. The van der Waals surface area contributed by atoms with Gasteiger partial charge < -0.3 is 19.6 Å². The Balaban J connectivity index is 1.39. The van der Waals surface area contributed by atoms with Crippen LogP contribution < -0.4 is 10.1 Å². The highest BCUT2D eigenvalue weighted by Gasteiger charge is 2.10. The molecule has 3 aromatic heterocycles. The van der Waals surface area contributed by atoms with Crippen LogP contribution in [0.5, 0.6) is 11.5 Å². The van der Waals surface area contributed by atoms with Crippen molar-refractivity contribution in [3.63, 3.8) is 0 Å². The molecule has 4 rings (SSSR count). The lowest BCUT2D eigenvalue weighted by Crippen LogP contribution is -2.12. The number of pyridine rings is 2. The van der Waals surface area contributed by atoms with Crippen LogP contribution in [0.1, 0.15) is 16.1 Å². The van der Waals surface area contributed by atoms with E-state index >= 15 is 0 Å². The predicted octanol–water partition coefficient (Wildman–Crippen LogP) is 3.27. The van der Waals surface area contributed by atoms with Crippen LogP contribution >= 0.6 is 0 Å². The minimum Gasteiger partial charge on any atom is -0.504 e. The molecule has 134 valence electrons. The van der Waals surface area contributed by atoms with Gasteiger partial charge in [-0.15, -0.1) is 0 Å². The van der Waals surface area contributed by atoms with Crippen molar-refractivity contribution in [2.75, 3.05) is 5.32 Å². The van der Waals surface area contributed by atoms with Crippen molar-refractivity contribution < 1.29 is 14.6 Å². The molecule has 1 amide bonds. The van der Waals surface area contributed by atoms with E-state index in [9.17, 15) is 9.90 Å². The lowest BCUT2D eigenvalue weighted by atomic mass is 10.2. The highest BCUT2D eigenvalue weighted by atomic mass is 16.5. The second-order valence-electron chi connectivity index (χ2n) is 5.84. The van der Waals surface area contributed by atoms with Crippen LogP contribution in [0.3, 0.4) is 0 Å². The van der Waals surface area contributed by atoms with Gasteiger partial charge in [0, 0.05) is 24.2 Å². The number of aromatic hydroxyl groups is 1. The van der Waals surface area contributed by atoms with Gasteiger partial charge in [-0.05, 0) is 48.5 Å². The first-order valence-corrected chi connectivity index (χ1v) is 8.30. The second-order valence-corrected chi connectivity index (χ2v) is 5.84. The van der Waals surface area contributed by atoms with Crippen LogP contribution in [0.4, 0.5) is 5.82 Å². The predicted molar refractivity (Wildman–Crippen MR) is 99.8 cm³/mol. The van der Waals surface area contributed by atoms with Gasteiger partial charge in [0.1, 0.15) is 18.0 Å². The molecular formula is C20H16N4O3. The fourth-order valence-corrected chi connectivity index (χ4v) is 2.59. The fourth-order valence-electron chi connectivity index (χ4n) is 2.59. The van der Waals surface area contributed by atoms with Crippen LogP contribution in [0.2, 0.25) is 0 Å². The Bertz CT molecular complexity index is 1060. The monoisotopic (exact) mass is 360 g/mol. The molecule has 0 aliphatic carbocycles. The third-order valence-corrected chi connectivity index (χ3v) is 3.94. The molecule has 0 aliphatic rings. The molecule has 0 saturated carbocycles. The minimum atomic E-state index is -0.365. The lowest BCUT2D eigenvalue weighted by Gasteiger charge is -2.07. The van der Waals surface area contributed by atoms with E-state index in [-0.39, 0.29) is 17.5 Å². The summed E-state index contributed by atoms with van der Waals surface area (Å²) >= 11 is 0. The summed E-state index contributed by atoms with van der Waals surface area (Å²) in [5.74, 6) is 0.299. The summed E-state index contributed by atoms with van der Waals surface area (Å²) in [5.41, 5.74) is 2.11. The Labute approximate surface area is 154 Å². The number of fused-ring (bicyclic) bond motifs is 1. The van der Waals surface area contributed by atoms with Crippen LogP contribution in [0.15, 0.2) is 73.2 Å². The van der Waals surface area contributed by atoms with Crippen molar-refractivity contribution in [3.8, 4) is 11.5 Å². The van der Waals surface area contributed by atoms with Gasteiger partial charge in [0.05, 0.1) is 5.69 Å². The van der Waals surface area contributed by atoms with Gasteiger partial charge in [-0.2, -0.15) is 0 Å². The second kappa shape index (κ2) is 7.17. The normalized spacial score (nSPS) is 10.7. The maximum Gasteiger partial charge on any atom is 0.256 e. The Morgan fingerprint density at radius 1 is 1.11 bits per heavy atom. The molecule has 2 N–H and O–H groups in total. The molecule has 0 radical (unpaired) electrons. The number of amides is 1. The first-order chi connectivity index (χ1) is 13.2. The van der Waals surface area contributed by atoms with Gasteiger partial charge in [0.2, 0.25) is 0 Å². The average molecular weight is 360 g/mol. The molecule has 0 spiro atoms. The van der Waals surface area contributed by atoms with E-state index in [4.69, 9.17) is 4.74 Å². The Kier molecular flexibility index (Phi) is 4.40. The molecule has 7 heteroatoms. The lowest BCUT2D eigenvalue weighted by molar-refractivity contribution is 0.102. The number of imidazole rings is 1. The molecule has 27 heavy (non-hydrogen) atoms. The molecule has 4 aromatic rings. The summed E-state index contributed by atoms with van der Waals surface area (Å²) in [6.07, 6.45) is 5.33. The van der Waals surface area contributed by atoms with E-state index in [1.807, 2.05) is 35.0 Å². The number of ether oxygens (including phenoxy) is 1. The number of hydrogen-bond acceptors (Lipinski definition) is 5. The third-order valence-electron chi connectivity index (χ3n) is 3.94. The molecule has 0 atom stereocenters. The summed E-state index contributed by atoms with van der Waals surface area (Å²) < 4.78 is 7.66. The number of nitrogens with one attached hydrogen (secondary N) is 1. The summed E-state index contributed by atoms with van der Waals surface area (Å²) in [7, 11) is 0. The summed E-state index contributed by atoms with van der Waals surface area (Å²) in [6.45, 7) is 0.328. The van der Waals surface area contributed by atoms with Crippen molar-refractivity contribution >= 4 is 17.4 Å². The first-order valence-electron chi connectivity index (χ1n) is 8.30. The zero-order chi connectivity index (χ0) is 18.6. The maximum atomic E-state index is 12.2. The van der Waals surface area contributed by atoms with Crippen LogP contribution in [-0.2, 0) is 6.61 Å². The van der Waals surface area contributed by atoms with E-state index < -0.39 is 0 Å². The number of rotatable bonds is 5. The highest BCUT2D eigenvalue weighted by Crippen LogP contribution is 2.20. The van der Waals surface area contributed by atoms with E-state index in [0.717, 1.165) is 11.3 Å². The number of hydrogen-bond donors (Lipinski definition) is 2. The zero-order valence-electron chi connectivity index (χ0n) is 14.2. The molecule has 0 unspecified atom stereocenters. The van der Waals surface area contributed by atoms with Gasteiger partial charge in [0.25, 0.3) is 5.91 Å². The van der Waals surface area contributed by atoms with Crippen LogP contribution in [0.25, 0.3) is 5.65 Å². The minimum absolute atomic E-state index is 0.0849. The van der Waals surface area contributed by atoms with Crippen LogP contribution in [-0.4, -0.2) is 25.4 Å². The quantitative estimate of drug-likeness (QED) is 0.570. The Morgan fingerprint density at radius 3 is 2.74 bits per heavy atom. The van der Waals surface area contributed by atoms with Crippen LogP contribution in [0, 0.1) is 0 Å². The van der Waals surface area contributed by atoms with Gasteiger partial charge in [-0.1, -0.05) is 6.07 Å². The van der Waals surface area contributed by atoms with Gasteiger partial charge in [-0.25, -0.2) is 9.97 Å². The number of carbonyl (C=O) groups is 1. The fraction of sp³-hybridized carbons (Fsp3) is 0.0500. The standard InChI is InChI=1S/C20H16N4O3/c25-17-4-3-10-21-19(17)23-20(26)14-6-8-16(9-7-14)27-13-15-12-24-11-2-1-5-18(24)22-15/h1-12,25H,13H2,(H,21,23,26). The third kappa shape index (κ3) is 3.72. The summed E-state index contributed by atoms with van der Waals surface area (Å²) in [4.78, 5) is 20.6. The molecule has 1 aromatic carbocycles. The van der Waals surface area contributed by atoms with E-state index in [1.54, 1.807) is 30.3 Å². The van der Waals surface area contributed by atoms with Crippen molar-refractivity contribution in [2.24, 2.45) is 0 Å². The Morgan fingerprint density at radius 2 is 1.96 bits per heavy atom. The number of anilines is 1. The molecule has 0 fully saturated rings. The van der Waals surface area contributed by atoms with Gasteiger partial charge in [-0.3, -0.25) is 4.79 Å². The van der Waals surface area contributed by atoms with Crippen molar-refractivity contribution in [1.82, 2.24) is 14.4 Å². The average Bonchev–Trinajstić information content (AvgIpc) is 3.11. The smallest absolute Gasteiger partial charge is 0.256 e. The Hall–Kier alpha value is -3.87. The van der Waals surface area contributed by atoms with E-state index in [0.29, 0.717) is 17.9 Å². The maximum absolute atomic E-state index is 12.2. The SMILES string of the molecule is O=C(Nc1ncccc1O)c1ccc(OCc2cn3ccccc3n2)cc1. The highest BCUT2D eigenvalue weighted by molar-refractivity contribution is 6.04. The number of benzene rings is 1. The summed E-state index contributed by atoms with van der Waals surface area (Å²) in [6, 6.07) is 15.6. The largest absolute Gasteiger partial charge is 0.504 e. The zero-order valence-corrected chi connectivity index (χ0v) is 14.2. The number of nitrogens with zero attached hydrogens (tertiary/aromatic N) is 3. The van der Waals surface area contributed by atoms with E-state index in [1.165, 1.54) is 12.3 Å². The van der Waals surface area contributed by atoms with E-state index in [2.05, 4.69) is 15.3 Å².